The maximum absolute atomic E-state index is 14.1. The van der Waals surface area contributed by atoms with E-state index in [0.29, 0.717) is 11.5 Å². The average molecular weight is 363 g/mol. The molecule has 3 aromatic rings. The smallest absolute Gasteiger partial charge is 0.157 e. The molecule has 0 spiro atoms. The number of halogens is 1. The Balaban J connectivity index is 2.05. The van der Waals surface area contributed by atoms with E-state index in [1.807, 2.05) is 62.4 Å². The van der Waals surface area contributed by atoms with Crippen LogP contribution in [-0.2, 0) is 0 Å². The first-order valence-electron chi connectivity index (χ1n) is 8.75. The molecule has 0 aliphatic rings. The van der Waals surface area contributed by atoms with Gasteiger partial charge in [-0.1, -0.05) is 54.6 Å². The van der Waals surface area contributed by atoms with Gasteiger partial charge in [-0.05, 0) is 37.6 Å². The average Bonchev–Trinajstić information content (AvgIpc) is 2.67. The van der Waals surface area contributed by atoms with Crippen LogP contribution >= 0.6 is 0 Å². The van der Waals surface area contributed by atoms with Crippen LogP contribution in [0.3, 0.4) is 0 Å². The van der Waals surface area contributed by atoms with Crippen molar-refractivity contribution in [2.45, 2.75) is 20.0 Å². The standard InChI is InChI=1S/C22H22FN3O/c1-15(2)27-21-14-8-5-10-17(21)16-9-3-4-11-18(16)22(26-24)25-20-13-7-6-12-19(20)23/h3-15H,24H2,1-2H3,(H,25,26). The molecule has 3 rings (SSSR count). The second-order valence-corrected chi connectivity index (χ2v) is 6.29. The summed E-state index contributed by atoms with van der Waals surface area (Å²) in [7, 11) is 0. The van der Waals surface area contributed by atoms with Gasteiger partial charge in [-0.3, -0.25) is 0 Å². The van der Waals surface area contributed by atoms with Gasteiger partial charge in [-0.25, -0.2) is 4.39 Å². The van der Waals surface area contributed by atoms with Gasteiger partial charge in [-0.2, -0.15) is 5.10 Å². The van der Waals surface area contributed by atoms with E-state index in [1.54, 1.807) is 18.2 Å². The zero-order valence-corrected chi connectivity index (χ0v) is 15.3. The fourth-order valence-corrected chi connectivity index (χ4v) is 2.83. The van der Waals surface area contributed by atoms with Crippen molar-refractivity contribution in [3.8, 4) is 16.9 Å². The number of amidine groups is 1. The molecule has 0 radical (unpaired) electrons. The molecule has 27 heavy (non-hydrogen) atoms. The number of hydrogen-bond donors (Lipinski definition) is 2. The molecule has 0 aromatic heterocycles. The summed E-state index contributed by atoms with van der Waals surface area (Å²) < 4.78 is 20.0. The summed E-state index contributed by atoms with van der Waals surface area (Å²) in [5, 5.41) is 6.86. The van der Waals surface area contributed by atoms with Crippen LogP contribution < -0.4 is 15.9 Å². The Morgan fingerprint density at radius 3 is 2.26 bits per heavy atom. The number of ether oxygens (including phenoxy) is 1. The van der Waals surface area contributed by atoms with Crippen molar-refractivity contribution in [2.24, 2.45) is 10.9 Å². The fourth-order valence-electron chi connectivity index (χ4n) is 2.83. The number of hydrogen-bond acceptors (Lipinski definition) is 3. The van der Waals surface area contributed by atoms with Gasteiger partial charge in [0.2, 0.25) is 0 Å². The Bertz CT molecular complexity index is 954. The maximum Gasteiger partial charge on any atom is 0.157 e. The van der Waals surface area contributed by atoms with Crippen molar-refractivity contribution >= 4 is 11.5 Å². The van der Waals surface area contributed by atoms with Gasteiger partial charge >= 0.3 is 0 Å². The first kappa shape index (κ1) is 18.5. The number of nitrogens with zero attached hydrogens (tertiary/aromatic N) is 1. The van der Waals surface area contributed by atoms with Gasteiger partial charge in [0.15, 0.2) is 5.84 Å². The molecule has 0 bridgehead atoms. The molecule has 0 saturated carbocycles. The highest BCUT2D eigenvalue weighted by Crippen LogP contribution is 2.33. The van der Waals surface area contributed by atoms with Gasteiger partial charge < -0.3 is 15.9 Å². The Morgan fingerprint density at radius 2 is 1.56 bits per heavy atom. The lowest BCUT2D eigenvalue weighted by molar-refractivity contribution is 0.243. The van der Waals surface area contributed by atoms with Crippen LogP contribution in [0.1, 0.15) is 19.4 Å². The molecule has 4 nitrogen and oxygen atoms in total. The third-order valence-electron chi connectivity index (χ3n) is 3.98. The number of anilines is 1. The minimum atomic E-state index is -0.375. The van der Waals surface area contributed by atoms with E-state index in [9.17, 15) is 4.39 Å². The molecule has 0 fully saturated rings. The first-order chi connectivity index (χ1) is 13.1. The van der Waals surface area contributed by atoms with Crippen molar-refractivity contribution in [1.29, 1.82) is 0 Å². The van der Waals surface area contributed by atoms with Crippen LogP contribution in [0.4, 0.5) is 10.1 Å². The quantitative estimate of drug-likeness (QED) is 0.290. The molecule has 138 valence electrons. The van der Waals surface area contributed by atoms with Crippen molar-refractivity contribution in [3.05, 3.63) is 84.2 Å². The van der Waals surface area contributed by atoms with E-state index in [1.165, 1.54) is 6.07 Å². The van der Waals surface area contributed by atoms with Crippen LogP contribution in [0.5, 0.6) is 5.75 Å². The predicted octanol–water partition coefficient (Wildman–Crippen LogP) is 5.01. The number of rotatable bonds is 5. The lowest BCUT2D eigenvalue weighted by Crippen LogP contribution is -2.18. The van der Waals surface area contributed by atoms with Gasteiger partial charge in [-0.15, -0.1) is 0 Å². The topological polar surface area (TPSA) is 59.6 Å². The molecule has 0 aliphatic heterocycles. The highest BCUT2D eigenvalue weighted by molar-refractivity contribution is 6.12. The van der Waals surface area contributed by atoms with Crippen molar-refractivity contribution in [3.63, 3.8) is 0 Å². The normalized spacial score (nSPS) is 11.5. The molecule has 3 aromatic carbocycles. The van der Waals surface area contributed by atoms with E-state index < -0.39 is 0 Å². The van der Waals surface area contributed by atoms with E-state index in [-0.39, 0.29) is 11.9 Å². The summed E-state index contributed by atoms with van der Waals surface area (Å²) in [6.07, 6.45) is 0.0393. The van der Waals surface area contributed by atoms with E-state index >= 15 is 0 Å². The Morgan fingerprint density at radius 1 is 0.926 bits per heavy atom. The van der Waals surface area contributed by atoms with Crippen LogP contribution in [0.15, 0.2) is 77.9 Å². The second-order valence-electron chi connectivity index (χ2n) is 6.29. The van der Waals surface area contributed by atoms with E-state index in [0.717, 1.165) is 22.4 Å². The molecule has 0 saturated heterocycles. The molecular formula is C22H22FN3O. The third kappa shape index (κ3) is 4.26. The van der Waals surface area contributed by atoms with Gasteiger partial charge in [0, 0.05) is 11.1 Å². The van der Waals surface area contributed by atoms with Gasteiger partial charge in [0.1, 0.15) is 11.6 Å². The van der Waals surface area contributed by atoms with Gasteiger partial charge in [0.05, 0.1) is 11.8 Å². The minimum Gasteiger partial charge on any atom is -0.490 e. The molecule has 0 aliphatic carbocycles. The number of nitrogens with two attached hydrogens (primary N) is 1. The lowest BCUT2D eigenvalue weighted by atomic mass is 9.98. The van der Waals surface area contributed by atoms with E-state index in [4.69, 9.17) is 10.6 Å². The third-order valence-corrected chi connectivity index (χ3v) is 3.98. The molecule has 0 atom stereocenters. The minimum absolute atomic E-state index is 0.0393. The molecular weight excluding hydrogens is 341 g/mol. The Kier molecular flexibility index (Phi) is 5.71. The molecule has 0 amide bonds. The van der Waals surface area contributed by atoms with Gasteiger partial charge in [0.25, 0.3) is 0 Å². The second kappa shape index (κ2) is 8.36. The van der Waals surface area contributed by atoms with Crippen LogP contribution in [0, 0.1) is 5.82 Å². The van der Waals surface area contributed by atoms with Crippen molar-refractivity contribution < 1.29 is 9.13 Å². The van der Waals surface area contributed by atoms with Crippen molar-refractivity contribution in [2.75, 3.05) is 5.32 Å². The zero-order chi connectivity index (χ0) is 19.2. The molecule has 3 N–H and O–H groups in total. The van der Waals surface area contributed by atoms with Crippen molar-refractivity contribution in [1.82, 2.24) is 0 Å². The maximum atomic E-state index is 14.1. The van der Waals surface area contributed by atoms with Crippen LogP contribution in [-0.4, -0.2) is 11.9 Å². The first-order valence-corrected chi connectivity index (χ1v) is 8.75. The summed E-state index contributed by atoms with van der Waals surface area (Å²) in [5.74, 6) is 6.40. The van der Waals surface area contributed by atoms with Crippen LogP contribution in [0.25, 0.3) is 11.1 Å². The highest BCUT2D eigenvalue weighted by Gasteiger charge is 2.16. The lowest BCUT2D eigenvalue weighted by Gasteiger charge is -2.18. The molecule has 0 heterocycles. The fraction of sp³-hybridized carbons (Fsp3) is 0.136. The number of hydrazone groups is 1. The SMILES string of the molecule is CC(C)Oc1ccccc1-c1ccccc1/C(=N/N)Nc1ccccc1F. The summed E-state index contributed by atoms with van der Waals surface area (Å²) in [5.41, 5.74) is 2.87. The number of benzene rings is 3. The summed E-state index contributed by atoms with van der Waals surface area (Å²) in [6.45, 7) is 3.96. The summed E-state index contributed by atoms with van der Waals surface area (Å²) in [6, 6.07) is 21.9. The Hall–Kier alpha value is -3.34. The predicted molar refractivity (Wildman–Crippen MR) is 108 cm³/mol. The molecule has 5 heteroatoms. The zero-order valence-electron chi connectivity index (χ0n) is 15.3. The number of nitrogens with one attached hydrogen (secondary N) is 1. The highest BCUT2D eigenvalue weighted by atomic mass is 19.1. The number of para-hydroxylation sites is 2. The summed E-state index contributed by atoms with van der Waals surface area (Å²) >= 11 is 0. The summed E-state index contributed by atoms with van der Waals surface area (Å²) in [4.78, 5) is 0. The van der Waals surface area contributed by atoms with Crippen LogP contribution in [0.2, 0.25) is 0 Å². The monoisotopic (exact) mass is 363 g/mol. The Labute approximate surface area is 158 Å². The van der Waals surface area contributed by atoms with E-state index in [2.05, 4.69) is 10.4 Å². The largest absolute Gasteiger partial charge is 0.490 e. The molecule has 0 unspecified atom stereocenters.